The number of benzene rings is 1. The Morgan fingerprint density at radius 2 is 1.94 bits per heavy atom. The van der Waals surface area contributed by atoms with Crippen LogP contribution in [-0.2, 0) is 0 Å². The molecular weight excluding hydrogens is 226 g/mol. The van der Waals surface area contributed by atoms with Gasteiger partial charge in [-0.1, -0.05) is 44.2 Å². The van der Waals surface area contributed by atoms with E-state index in [1.807, 2.05) is 30.3 Å². The Labute approximate surface area is 105 Å². The van der Waals surface area contributed by atoms with Gasteiger partial charge in [-0.2, -0.15) is 5.10 Å². The summed E-state index contributed by atoms with van der Waals surface area (Å²) in [6, 6.07) is 9.90. The predicted octanol–water partition coefficient (Wildman–Crippen LogP) is 2.37. The molecule has 0 saturated carbocycles. The number of amides is 1. The van der Waals surface area contributed by atoms with E-state index in [9.17, 15) is 4.79 Å². The number of nitrogens with zero attached hydrogens (tertiary/aromatic N) is 1. The predicted molar refractivity (Wildman–Crippen MR) is 68.4 cm³/mol. The van der Waals surface area contributed by atoms with E-state index in [4.69, 9.17) is 0 Å². The second-order valence-electron chi connectivity index (χ2n) is 4.87. The summed E-state index contributed by atoms with van der Waals surface area (Å²) >= 11 is 0. The minimum Gasteiger partial charge on any atom is -0.340 e. The fourth-order valence-corrected chi connectivity index (χ4v) is 2.44. The first-order valence-electron chi connectivity index (χ1n) is 6.12. The molecule has 2 aromatic rings. The van der Waals surface area contributed by atoms with E-state index in [1.165, 1.54) is 0 Å². The molecule has 0 saturated heterocycles. The first-order chi connectivity index (χ1) is 8.68. The molecule has 1 aliphatic heterocycles. The summed E-state index contributed by atoms with van der Waals surface area (Å²) in [4.78, 5) is 11.9. The highest BCUT2D eigenvalue weighted by Crippen LogP contribution is 2.34. The van der Waals surface area contributed by atoms with E-state index in [2.05, 4.69) is 29.4 Å². The topological polar surface area (TPSA) is 57.8 Å². The van der Waals surface area contributed by atoms with Crippen molar-refractivity contribution in [2.75, 3.05) is 0 Å². The van der Waals surface area contributed by atoms with Gasteiger partial charge in [0.1, 0.15) is 0 Å². The first-order valence-corrected chi connectivity index (χ1v) is 6.12. The van der Waals surface area contributed by atoms with Crippen molar-refractivity contribution in [1.82, 2.24) is 15.5 Å². The maximum absolute atomic E-state index is 11.9. The number of hydrogen-bond acceptors (Lipinski definition) is 2. The summed E-state index contributed by atoms with van der Waals surface area (Å²) < 4.78 is 0. The Hall–Kier alpha value is -2.10. The van der Waals surface area contributed by atoms with Crippen molar-refractivity contribution in [3.05, 3.63) is 52.8 Å². The van der Waals surface area contributed by atoms with Crippen LogP contribution in [0.5, 0.6) is 0 Å². The lowest BCUT2D eigenvalue weighted by Gasteiger charge is -2.14. The number of nitrogens with one attached hydrogen (secondary N) is 2. The average molecular weight is 241 g/mol. The van der Waals surface area contributed by atoms with Gasteiger partial charge in [-0.3, -0.25) is 9.89 Å². The molecule has 0 spiro atoms. The minimum absolute atomic E-state index is 0.0788. The Morgan fingerprint density at radius 3 is 2.61 bits per heavy atom. The lowest BCUT2D eigenvalue weighted by atomic mass is 9.96. The van der Waals surface area contributed by atoms with E-state index in [1.54, 1.807) is 0 Å². The fourth-order valence-electron chi connectivity index (χ4n) is 2.44. The minimum atomic E-state index is -0.0954. The smallest absolute Gasteiger partial charge is 0.272 e. The monoisotopic (exact) mass is 241 g/mol. The number of fused-ring (bicyclic) bond motifs is 1. The molecule has 1 amide bonds. The molecule has 1 unspecified atom stereocenters. The molecule has 0 aliphatic carbocycles. The molecule has 2 heterocycles. The van der Waals surface area contributed by atoms with Gasteiger partial charge in [-0.25, -0.2) is 0 Å². The highest BCUT2D eigenvalue weighted by molar-refractivity contribution is 5.98. The van der Waals surface area contributed by atoms with Crippen molar-refractivity contribution in [3.63, 3.8) is 0 Å². The summed E-state index contributed by atoms with van der Waals surface area (Å²) in [5.74, 6) is 0.224. The van der Waals surface area contributed by atoms with Crippen LogP contribution < -0.4 is 5.32 Å². The molecule has 3 rings (SSSR count). The largest absolute Gasteiger partial charge is 0.340 e. The van der Waals surface area contributed by atoms with Crippen LogP contribution in [0.25, 0.3) is 0 Å². The number of carbonyl (C=O) groups is 1. The van der Waals surface area contributed by atoms with Crippen LogP contribution in [0.15, 0.2) is 30.3 Å². The summed E-state index contributed by atoms with van der Waals surface area (Å²) in [5, 5.41) is 10.1. The van der Waals surface area contributed by atoms with Gasteiger partial charge in [-0.05, 0) is 11.5 Å². The number of aromatic amines is 1. The normalized spacial score (nSPS) is 17.9. The summed E-state index contributed by atoms with van der Waals surface area (Å²) in [6.07, 6.45) is 0. The van der Waals surface area contributed by atoms with Crippen molar-refractivity contribution in [2.24, 2.45) is 0 Å². The third-order valence-electron chi connectivity index (χ3n) is 3.32. The number of carbonyl (C=O) groups excluding carboxylic acids is 1. The van der Waals surface area contributed by atoms with Gasteiger partial charge in [0.2, 0.25) is 0 Å². The molecule has 2 N–H and O–H groups in total. The fraction of sp³-hybridized carbons (Fsp3) is 0.286. The number of H-pyrrole nitrogens is 1. The second kappa shape index (κ2) is 3.98. The van der Waals surface area contributed by atoms with Crippen molar-refractivity contribution < 1.29 is 4.79 Å². The molecule has 0 bridgehead atoms. The summed E-state index contributed by atoms with van der Waals surface area (Å²) in [7, 11) is 0. The van der Waals surface area contributed by atoms with E-state index in [0.717, 1.165) is 16.8 Å². The number of rotatable bonds is 2. The third-order valence-corrected chi connectivity index (χ3v) is 3.32. The van der Waals surface area contributed by atoms with Gasteiger partial charge >= 0.3 is 0 Å². The maximum atomic E-state index is 11.9. The molecule has 18 heavy (non-hydrogen) atoms. The van der Waals surface area contributed by atoms with Crippen LogP contribution in [-0.4, -0.2) is 16.1 Å². The molecule has 4 heteroatoms. The van der Waals surface area contributed by atoms with Crippen LogP contribution in [0, 0.1) is 0 Å². The zero-order valence-electron chi connectivity index (χ0n) is 10.4. The average Bonchev–Trinajstić information content (AvgIpc) is 2.92. The van der Waals surface area contributed by atoms with Crippen LogP contribution >= 0.6 is 0 Å². The molecule has 4 nitrogen and oxygen atoms in total. The third kappa shape index (κ3) is 1.53. The van der Waals surface area contributed by atoms with Crippen LogP contribution in [0.4, 0.5) is 0 Å². The molecular formula is C14H15N3O. The lowest BCUT2D eigenvalue weighted by molar-refractivity contribution is 0.0955. The Balaban J connectivity index is 2.13. The van der Waals surface area contributed by atoms with Gasteiger partial charge < -0.3 is 5.32 Å². The molecule has 1 atom stereocenters. The van der Waals surface area contributed by atoms with Gasteiger partial charge in [0, 0.05) is 11.3 Å². The van der Waals surface area contributed by atoms with E-state index in [-0.39, 0.29) is 11.9 Å². The molecule has 1 aromatic carbocycles. The Bertz CT molecular complexity index is 586. The van der Waals surface area contributed by atoms with E-state index >= 15 is 0 Å². The first kappa shape index (κ1) is 11.0. The van der Waals surface area contributed by atoms with Gasteiger partial charge in [-0.15, -0.1) is 0 Å². The highest BCUT2D eigenvalue weighted by atomic mass is 16.2. The van der Waals surface area contributed by atoms with Crippen molar-refractivity contribution >= 4 is 5.91 Å². The van der Waals surface area contributed by atoms with Crippen molar-refractivity contribution in [3.8, 4) is 0 Å². The quantitative estimate of drug-likeness (QED) is 0.848. The SMILES string of the molecule is CC(C)c1[nH]nc2c1C(c1ccccc1)NC2=O. The molecule has 1 aliphatic rings. The lowest BCUT2D eigenvalue weighted by Crippen LogP contribution is -2.21. The number of hydrogen-bond donors (Lipinski definition) is 2. The van der Waals surface area contributed by atoms with Crippen molar-refractivity contribution in [2.45, 2.75) is 25.8 Å². The van der Waals surface area contributed by atoms with Crippen LogP contribution in [0.3, 0.4) is 0 Å². The van der Waals surface area contributed by atoms with Gasteiger partial charge in [0.25, 0.3) is 5.91 Å². The molecule has 1 aromatic heterocycles. The molecule has 92 valence electrons. The highest BCUT2D eigenvalue weighted by Gasteiger charge is 2.35. The molecule has 0 fully saturated rings. The zero-order chi connectivity index (χ0) is 12.7. The van der Waals surface area contributed by atoms with E-state index in [0.29, 0.717) is 11.6 Å². The standard InChI is InChI=1S/C14H15N3O/c1-8(2)11-10-12(9-6-4-3-5-7-9)15-14(18)13(10)17-16-11/h3-8,12H,1-2H3,(H,15,18)(H,16,17). The van der Waals surface area contributed by atoms with Crippen LogP contribution in [0.2, 0.25) is 0 Å². The summed E-state index contributed by atoms with van der Waals surface area (Å²) in [5.41, 5.74) is 3.67. The zero-order valence-corrected chi connectivity index (χ0v) is 10.4. The van der Waals surface area contributed by atoms with Crippen molar-refractivity contribution in [1.29, 1.82) is 0 Å². The maximum Gasteiger partial charge on any atom is 0.272 e. The Morgan fingerprint density at radius 1 is 1.22 bits per heavy atom. The van der Waals surface area contributed by atoms with Gasteiger partial charge in [0.15, 0.2) is 5.69 Å². The number of aromatic nitrogens is 2. The van der Waals surface area contributed by atoms with E-state index < -0.39 is 0 Å². The Kier molecular flexibility index (Phi) is 2.44. The summed E-state index contributed by atoms with van der Waals surface area (Å²) in [6.45, 7) is 4.19. The molecule has 0 radical (unpaired) electrons. The van der Waals surface area contributed by atoms with Gasteiger partial charge in [0.05, 0.1) is 6.04 Å². The van der Waals surface area contributed by atoms with Crippen LogP contribution in [0.1, 0.15) is 53.1 Å². The second-order valence-corrected chi connectivity index (χ2v) is 4.87.